The topological polar surface area (TPSA) is 12.0 Å². The first-order valence-electron chi connectivity index (χ1n) is 5.36. The molecule has 0 aromatic heterocycles. The molecule has 1 N–H and O–H groups in total. The maximum atomic E-state index is 3.99. The van der Waals surface area contributed by atoms with Crippen LogP contribution in [0, 0.1) is 11.3 Å². The lowest BCUT2D eigenvalue weighted by Gasteiger charge is -2.29. The number of nitrogens with one attached hydrogen (secondary N) is 1. The van der Waals surface area contributed by atoms with Crippen LogP contribution >= 0.6 is 0 Å². The third kappa shape index (κ3) is 5.11. The molecule has 0 aliphatic carbocycles. The molecule has 0 aliphatic heterocycles. The van der Waals surface area contributed by atoms with E-state index in [9.17, 15) is 0 Å². The van der Waals surface area contributed by atoms with Crippen LogP contribution in [-0.2, 0) is 0 Å². The van der Waals surface area contributed by atoms with Crippen LogP contribution in [0.4, 0.5) is 0 Å². The van der Waals surface area contributed by atoms with E-state index in [0.717, 1.165) is 17.8 Å². The van der Waals surface area contributed by atoms with Crippen molar-refractivity contribution in [2.45, 2.75) is 47.5 Å². The Morgan fingerprint density at radius 1 is 1.29 bits per heavy atom. The van der Waals surface area contributed by atoms with Crippen LogP contribution in [0.1, 0.15) is 47.5 Å². The molecule has 82 valence electrons. The van der Waals surface area contributed by atoms with Gasteiger partial charge in [0.05, 0.1) is 0 Å². The Balaban J connectivity index is 3.94. The fourth-order valence-corrected chi connectivity index (χ4v) is 1.13. The summed E-state index contributed by atoms with van der Waals surface area (Å²) >= 11 is 0. The second-order valence-electron chi connectivity index (χ2n) is 5.15. The smallest absolute Gasteiger partial charge is 0.00756 e. The van der Waals surface area contributed by atoms with E-state index in [1.165, 1.54) is 6.42 Å². The van der Waals surface area contributed by atoms with Crippen molar-refractivity contribution >= 4 is 0 Å². The number of hydrogen-bond acceptors (Lipinski definition) is 1. The Labute approximate surface area is 89.3 Å². The molecule has 0 atom stereocenters. The van der Waals surface area contributed by atoms with Gasteiger partial charge < -0.3 is 5.32 Å². The van der Waals surface area contributed by atoms with Gasteiger partial charge in [0.2, 0.25) is 0 Å². The quantitative estimate of drug-likeness (QED) is 0.673. The largest absolute Gasteiger partial charge is 0.364 e. The summed E-state index contributed by atoms with van der Waals surface area (Å²) in [5.41, 5.74) is 2.43. The molecule has 0 bridgehead atoms. The van der Waals surface area contributed by atoms with Gasteiger partial charge in [-0.1, -0.05) is 40.9 Å². The van der Waals surface area contributed by atoms with Crippen molar-refractivity contribution in [1.29, 1.82) is 0 Å². The van der Waals surface area contributed by atoms with Gasteiger partial charge in [-0.15, -0.1) is 0 Å². The standard InChI is InChI=1S/C13H25N/c1-10(2)13(6,7)9-8-12(5)14-11(3)4/h10,14H,3,5,8-9H2,1-2,4,6-7H3. The molecule has 0 aliphatic rings. The fourth-order valence-electron chi connectivity index (χ4n) is 1.13. The van der Waals surface area contributed by atoms with Gasteiger partial charge in [-0.25, -0.2) is 0 Å². The van der Waals surface area contributed by atoms with Crippen molar-refractivity contribution in [3.8, 4) is 0 Å². The van der Waals surface area contributed by atoms with E-state index in [1.54, 1.807) is 0 Å². The van der Waals surface area contributed by atoms with Crippen molar-refractivity contribution in [3.05, 3.63) is 24.6 Å². The van der Waals surface area contributed by atoms with Gasteiger partial charge in [-0.2, -0.15) is 0 Å². The van der Waals surface area contributed by atoms with E-state index < -0.39 is 0 Å². The van der Waals surface area contributed by atoms with Gasteiger partial charge in [0, 0.05) is 11.4 Å². The minimum Gasteiger partial charge on any atom is -0.364 e. The Kier molecular flexibility index (Phi) is 4.96. The van der Waals surface area contributed by atoms with Crippen LogP contribution < -0.4 is 5.32 Å². The van der Waals surface area contributed by atoms with Gasteiger partial charge in [-0.3, -0.25) is 0 Å². The van der Waals surface area contributed by atoms with E-state index in [1.807, 2.05) is 6.92 Å². The van der Waals surface area contributed by atoms with Crippen molar-refractivity contribution < 1.29 is 0 Å². The predicted octanol–water partition coefficient (Wildman–Crippen LogP) is 4.09. The molecule has 0 spiro atoms. The predicted molar refractivity (Wildman–Crippen MR) is 64.9 cm³/mol. The maximum absolute atomic E-state index is 3.99. The fraction of sp³-hybridized carbons (Fsp3) is 0.692. The number of hydrogen-bond donors (Lipinski definition) is 1. The molecule has 14 heavy (non-hydrogen) atoms. The van der Waals surface area contributed by atoms with Crippen molar-refractivity contribution in [2.75, 3.05) is 0 Å². The lowest BCUT2D eigenvalue weighted by molar-refractivity contribution is 0.228. The van der Waals surface area contributed by atoms with Gasteiger partial charge in [0.25, 0.3) is 0 Å². The second-order valence-corrected chi connectivity index (χ2v) is 5.15. The van der Waals surface area contributed by atoms with Crippen LogP contribution in [0.15, 0.2) is 24.6 Å². The zero-order valence-electron chi connectivity index (χ0n) is 10.4. The summed E-state index contributed by atoms with van der Waals surface area (Å²) in [7, 11) is 0. The number of rotatable bonds is 6. The third-order valence-electron chi connectivity index (χ3n) is 3.02. The minimum atomic E-state index is 0.389. The molecule has 0 aromatic carbocycles. The highest BCUT2D eigenvalue weighted by Gasteiger charge is 2.21. The number of allylic oxidation sites excluding steroid dienone is 2. The first kappa shape index (κ1) is 13.3. The van der Waals surface area contributed by atoms with Crippen molar-refractivity contribution in [3.63, 3.8) is 0 Å². The molecule has 0 unspecified atom stereocenters. The Morgan fingerprint density at radius 2 is 1.79 bits per heavy atom. The monoisotopic (exact) mass is 195 g/mol. The summed E-state index contributed by atoms with van der Waals surface area (Å²) in [4.78, 5) is 0. The maximum Gasteiger partial charge on any atom is 0.00756 e. The molecular weight excluding hydrogens is 170 g/mol. The highest BCUT2D eigenvalue weighted by molar-refractivity contribution is 5.02. The molecule has 0 saturated carbocycles. The molecule has 0 heterocycles. The molecule has 0 saturated heterocycles. The van der Waals surface area contributed by atoms with Crippen LogP contribution in [0.5, 0.6) is 0 Å². The van der Waals surface area contributed by atoms with Crippen LogP contribution in [0.25, 0.3) is 0 Å². The summed E-state index contributed by atoms with van der Waals surface area (Å²) < 4.78 is 0. The molecule has 0 amide bonds. The summed E-state index contributed by atoms with van der Waals surface area (Å²) in [6, 6.07) is 0. The molecule has 0 rings (SSSR count). The molecule has 0 radical (unpaired) electrons. The van der Waals surface area contributed by atoms with Gasteiger partial charge >= 0.3 is 0 Å². The lowest BCUT2D eigenvalue weighted by Crippen LogP contribution is -2.20. The lowest BCUT2D eigenvalue weighted by atomic mass is 9.77. The second kappa shape index (κ2) is 5.23. The van der Waals surface area contributed by atoms with E-state index in [4.69, 9.17) is 0 Å². The third-order valence-corrected chi connectivity index (χ3v) is 3.02. The van der Waals surface area contributed by atoms with Crippen LogP contribution in [0.3, 0.4) is 0 Å². The van der Waals surface area contributed by atoms with Gasteiger partial charge in [0.15, 0.2) is 0 Å². The molecule has 0 aromatic rings. The molecule has 1 nitrogen and oxygen atoms in total. The average Bonchev–Trinajstić information content (AvgIpc) is 1.99. The van der Waals surface area contributed by atoms with Crippen LogP contribution in [-0.4, -0.2) is 0 Å². The highest BCUT2D eigenvalue weighted by atomic mass is 14.9. The molecular formula is C13H25N. The van der Waals surface area contributed by atoms with E-state index in [0.29, 0.717) is 11.3 Å². The molecule has 0 fully saturated rings. The van der Waals surface area contributed by atoms with Gasteiger partial charge in [0.1, 0.15) is 0 Å². The molecule has 1 heteroatoms. The van der Waals surface area contributed by atoms with E-state index in [-0.39, 0.29) is 0 Å². The van der Waals surface area contributed by atoms with E-state index >= 15 is 0 Å². The SMILES string of the molecule is C=C(C)NC(=C)CCC(C)(C)C(C)C. The summed E-state index contributed by atoms with van der Waals surface area (Å²) in [6.45, 7) is 18.9. The summed E-state index contributed by atoms with van der Waals surface area (Å²) in [5.74, 6) is 0.708. The first-order valence-corrected chi connectivity index (χ1v) is 5.36. The highest BCUT2D eigenvalue weighted by Crippen LogP contribution is 2.32. The zero-order chi connectivity index (χ0) is 11.4. The average molecular weight is 195 g/mol. The van der Waals surface area contributed by atoms with E-state index in [2.05, 4.69) is 46.2 Å². The van der Waals surface area contributed by atoms with Crippen molar-refractivity contribution in [1.82, 2.24) is 5.32 Å². The minimum absolute atomic E-state index is 0.389. The Bertz CT molecular complexity index is 211. The first-order chi connectivity index (χ1) is 6.25. The zero-order valence-corrected chi connectivity index (χ0v) is 10.4. The summed E-state index contributed by atoms with van der Waals surface area (Å²) in [5, 5.41) is 3.17. The summed E-state index contributed by atoms with van der Waals surface area (Å²) in [6.07, 6.45) is 2.20. The van der Waals surface area contributed by atoms with Gasteiger partial charge in [-0.05, 0) is 31.1 Å². The van der Waals surface area contributed by atoms with Crippen LogP contribution in [0.2, 0.25) is 0 Å². The Morgan fingerprint density at radius 3 is 2.14 bits per heavy atom. The van der Waals surface area contributed by atoms with Crippen molar-refractivity contribution in [2.24, 2.45) is 11.3 Å². The Hall–Kier alpha value is -0.720. The normalized spacial score (nSPS) is 11.6.